The Morgan fingerprint density at radius 3 is 2.75 bits per heavy atom. The molecule has 6 heteroatoms. The minimum atomic E-state index is -1.14. The summed E-state index contributed by atoms with van der Waals surface area (Å²) in [5, 5.41) is 12.3. The number of carboxylic acid groups (broad SMARTS) is 1. The summed E-state index contributed by atoms with van der Waals surface area (Å²) in [6.45, 7) is 0.388. The molecule has 6 nitrogen and oxygen atoms in total. The van der Waals surface area contributed by atoms with Crippen LogP contribution in [0, 0.1) is 0 Å². The van der Waals surface area contributed by atoms with E-state index in [2.05, 4.69) is 5.10 Å². The summed E-state index contributed by atoms with van der Waals surface area (Å²) in [6.07, 6.45) is 3.49. The van der Waals surface area contributed by atoms with Gasteiger partial charge in [-0.25, -0.2) is 4.79 Å². The number of carbonyl (C=O) groups is 2. The van der Waals surface area contributed by atoms with Gasteiger partial charge in [0, 0.05) is 32.4 Å². The molecular weight excluding hydrogens is 210 g/mol. The Balaban J connectivity index is 2.59. The van der Waals surface area contributed by atoms with Crippen LogP contribution in [0.2, 0.25) is 0 Å². The zero-order valence-electron chi connectivity index (χ0n) is 9.12. The molecule has 1 aromatic rings. The zero-order valence-corrected chi connectivity index (χ0v) is 9.12. The summed E-state index contributed by atoms with van der Waals surface area (Å²) in [5.41, 5.74) is 0.875. The molecule has 0 aliphatic rings. The van der Waals surface area contributed by atoms with Gasteiger partial charge in [0.15, 0.2) is 0 Å². The first kappa shape index (κ1) is 12.0. The molecule has 1 aromatic heterocycles. The molecule has 0 fully saturated rings. The average Bonchev–Trinajstić information content (AvgIpc) is 2.60. The highest BCUT2D eigenvalue weighted by molar-refractivity contribution is 5.93. The molecule has 16 heavy (non-hydrogen) atoms. The first-order valence-electron chi connectivity index (χ1n) is 4.63. The van der Waals surface area contributed by atoms with E-state index in [-0.39, 0.29) is 5.91 Å². The lowest BCUT2D eigenvalue weighted by Crippen LogP contribution is -2.25. The maximum Gasteiger partial charge on any atom is 0.328 e. The lowest BCUT2D eigenvalue weighted by molar-refractivity contribution is -0.132. The second-order valence-corrected chi connectivity index (χ2v) is 3.31. The van der Waals surface area contributed by atoms with Crippen LogP contribution in [0.15, 0.2) is 24.4 Å². The first-order valence-corrected chi connectivity index (χ1v) is 4.63. The van der Waals surface area contributed by atoms with Crippen molar-refractivity contribution in [3.63, 3.8) is 0 Å². The fourth-order valence-electron chi connectivity index (χ4n) is 1.15. The van der Waals surface area contributed by atoms with Crippen molar-refractivity contribution in [3.8, 4) is 0 Å². The maximum absolute atomic E-state index is 11.4. The third-order valence-corrected chi connectivity index (χ3v) is 2.07. The highest BCUT2D eigenvalue weighted by atomic mass is 16.4. The van der Waals surface area contributed by atoms with Crippen LogP contribution in [0.4, 0.5) is 0 Å². The topological polar surface area (TPSA) is 75.4 Å². The van der Waals surface area contributed by atoms with Gasteiger partial charge in [-0.15, -0.1) is 0 Å². The van der Waals surface area contributed by atoms with Gasteiger partial charge in [-0.1, -0.05) is 0 Å². The highest BCUT2D eigenvalue weighted by Gasteiger charge is 2.08. The van der Waals surface area contributed by atoms with Gasteiger partial charge in [-0.05, 0) is 6.07 Å². The lowest BCUT2D eigenvalue weighted by Gasteiger charge is -2.14. The highest BCUT2D eigenvalue weighted by Crippen LogP contribution is 2.01. The molecule has 0 unspecified atom stereocenters. The van der Waals surface area contributed by atoms with Crippen LogP contribution < -0.4 is 0 Å². The molecule has 0 aromatic carbocycles. The molecule has 1 rings (SSSR count). The van der Waals surface area contributed by atoms with E-state index in [0.717, 1.165) is 17.8 Å². The van der Waals surface area contributed by atoms with Gasteiger partial charge in [0.05, 0.1) is 12.2 Å². The van der Waals surface area contributed by atoms with Crippen molar-refractivity contribution < 1.29 is 14.7 Å². The number of likely N-dealkylation sites (N-methyl/N-ethyl adjacent to an activating group) is 1. The number of carbonyl (C=O) groups excluding carboxylic acids is 1. The van der Waals surface area contributed by atoms with Crippen LogP contribution in [0.1, 0.15) is 5.69 Å². The van der Waals surface area contributed by atoms with Crippen LogP contribution in [-0.4, -0.2) is 38.7 Å². The minimum absolute atomic E-state index is 0.358. The Labute approximate surface area is 92.8 Å². The molecule has 0 aliphatic heterocycles. The normalized spacial score (nSPS) is 10.6. The van der Waals surface area contributed by atoms with E-state index < -0.39 is 5.97 Å². The molecule has 1 heterocycles. The Morgan fingerprint density at radius 1 is 1.56 bits per heavy atom. The van der Waals surface area contributed by atoms with Gasteiger partial charge in [0.2, 0.25) is 5.91 Å². The van der Waals surface area contributed by atoms with Crippen LogP contribution in [-0.2, 0) is 23.2 Å². The molecule has 1 amide bonds. The van der Waals surface area contributed by atoms with E-state index in [0.29, 0.717) is 6.54 Å². The van der Waals surface area contributed by atoms with E-state index >= 15 is 0 Å². The minimum Gasteiger partial charge on any atom is -0.478 e. The van der Waals surface area contributed by atoms with E-state index in [9.17, 15) is 9.59 Å². The van der Waals surface area contributed by atoms with Gasteiger partial charge < -0.3 is 10.0 Å². The van der Waals surface area contributed by atoms with E-state index in [1.807, 2.05) is 0 Å². The van der Waals surface area contributed by atoms with Crippen LogP contribution in [0.5, 0.6) is 0 Å². The maximum atomic E-state index is 11.4. The molecular formula is C10H13N3O3. The second-order valence-electron chi connectivity index (χ2n) is 3.31. The Kier molecular flexibility index (Phi) is 3.82. The standard InChI is InChI=1S/C10H13N3O3/c1-12(9(14)3-4-10(15)16)7-8-5-6-11-13(8)2/h3-6H,7H2,1-2H3,(H,15,16). The molecule has 0 aliphatic carbocycles. The molecule has 0 saturated heterocycles. The van der Waals surface area contributed by atoms with Crippen molar-refractivity contribution >= 4 is 11.9 Å². The summed E-state index contributed by atoms with van der Waals surface area (Å²) in [4.78, 5) is 23.1. The first-order chi connectivity index (χ1) is 7.50. The van der Waals surface area contributed by atoms with Gasteiger partial charge in [-0.3, -0.25) is 9.48 Å². The molecule has 1 N–H and O–H groups in total. The number of aliphatic carboxylic acids is 1. The number of aryl methyl sites for hydroxylation is 1. The summed E-state index contributed by atoms with van der Waals surface area (Å²) in [5.74, 6) is -1.49. The number of aromatic nitrogens is 2. The van der Waals surface area contributed by atoms with Crippen molar-refractivity contribution in [1.29, 1.82) is 0 Å². The number of carboxylic acids is 1. The second kappa shape index (κ2) is 5.11. The largest absolute Gasteiger partial charge is 0.478 e. The summed E-state index contributed by atoms with van der Waals surface area (Å²) < 4.78 is 1.66. The molecule has 86 valence electrons. The van der Waals surface area contributed by atoms with E-state index in [4.69, 9.17) is 5.11 Å². The van der Waals surface area contributed by atoms with Crippen molar-refractivity contribution in [1.82, 2.24) is 14.7 Å². The third kappa shape index (κ3) is 3.23. The van der Waals surface area contributed by atoms with Gasteiger partial charge in [0.1, 0.15) is 0 Å². The Hall–Kier alpha value is -2.11. The summed E-state index contributed by atoms with van der Waals surface area (Å²) in [6, 6.07) is 1.80. The van der Waals surface area contributed by atoms with E-state index in [1.165, 1.54) is 4.90 Å². The van der Waals surface area contributed by atoms with Crippen molar-refractivity contribution in [2.24, 2.45) is 7.05 Å². The van der Waals surface area contributed by atoms with Crippen LogP contribution >= 0.6 is 0 Å². The van der Waals surface area contributed by atoms with Gasteiger partial charge in [-0.2, -0.15) is 5.10 Å². The molecule has 0 saturated carbocycles. The van der Waals surface area contributed by atoms with Crippen molar-refractivity contribution in [2.75, 3.05) is 7.05 Å². The summed E-state index contributed by atoms with van der Waals surface area (Å²) in [7, 11) is 3.38. The quantitative estimate of drug-likeness (QED) is 0.730. The summed E-state index contributed by atoms with van der Waals surface area (Å²) >= 11 is 0. The Morgan fingerprint density at radius 2 is 2.25 bits per heavy atom. The molecule has 0 atom stereocenters. The van der Waals surface area contributed by atoms with E-state index in [1.54, 1.807) is 31.0 Å². The number of amides is 1. The predicted molar refractivity (Wildman–Crippen MR) is 56.5 cm³/mol. The fourth-order valence-corrected chi connectivity index (χ4v) is 1.15. The number of hydrogen-bond donors (Lipinski definition) is 1. The molecule has 0 radical (unpaired) electrons. The average molecular weight is 223 g/mol. The fraction of sp³-hybridized carbons (Fsp3) is 0.300. The zero-order chi connectivity index (χ0) is 12.1. The number of rotatable bonds is 4. The lowest BCUT2D eigenvalue weighted by atomic mass is 10.3. The monoisotopic (exact) mass is 223 g/mol. The Bertz CT molecular complexity index is 423. The van der Waals surface area contributed by atoms with Crippen LogP contribution in [0.3, 0.4) is 0 Å². The number of hydrogen-bond acceptors (Lipinski definition) is 3. The number of nitrogens with zero attached hydrogens (tertiary/aromatic N) is 3. The van der Waals surface area contributed by atoms with Crippen molar-refractivity contribution in [3.05, 3.63) is 30.1 Å². The van der Waals surface area contributed by atoms with Crippen LogP contribution in [0.25, 0.3) is 0 Å². The predicted octanol–water partition coefficient (Wildman–Crippen LogP) is 0.0193. The van der Waals surface area contributed by atoms with Gasteiger partial charge >= 0.3 is 5.97 Å². The molecule has 0 spiro atoms. The smallest absolute Gasteiger partial charge is 0.328 e. The van der Waals surface area contributed by atoms with Crippen molar-refractivity contribution in [2.45, 2.75) is 6.54 Å². The molecule has 0 bridgehead atoms. The van der Waals surface area contributed by atoms with Gasteiger partial charge in [0.25, 0.3) is 0 Å². The third-order valence-electron chi connectivity index (χ3n) is 2.07. The SMILES string of the molecule is CN(Cc1ccnn1C)C(=O)C=CC(=O)O.